The first-order valence-electron chi connectivity index (χ1n) is 8.10. The molecule has 5 atom stereocenters. The lowest BCUT2D eigenvalue weighted by Gasteiger charge is -2.32. The van der Waals surface area contributed by atoms with Crippen molar-refractivity contribution >= 4 is 17.6 Å². The minimum Gasteiger partial charge on any atom is -0.481 e. The van der Waals surface area contributed by atoms with Crippen LogP contribution in [0, 0.1) is 18.8 Å². The molecule has 1 spiro atoms. The Morgan fingerprint density at radius 3 is 2.96 bits per heavy atom. The average molecular weight is 325 g/mol. The van der Waals surface area contributed by atoms with Crippen LogP contribution in [0.5, 0.6) is 0 Å². The lowest BCUT2D eigenvalue weighted by Crippen LogP contribution is -2.45. The first kappa shape index (κ1) is 15.1. The molecule has 1 aromatic carbocycles. The number of ether oxygens (including phenoxy) is 1. The summed E-state index contributed by atoms with van der Waals surface area (Å²) in [4.78, 5) is 26.6. The van der Waals surface area contributed by atoms with Gasteiger partial charge >= 0.3 is 5.97 Å². The molecular formula is C19H19NO4. The van der Waals surface area contributed by atoms with Crippen molar-refractivity contribution in [2.24, 2.45) is 11.8 Å². The summed E-state index contributed by atoms with van der Waals surface area (Å²) in [6.45, 7) is 5.77. The van der Waals surface area contributed by atoms with E-state index in [1.54, 1.807) is 17.1 Å². The summed E-state index contributed by atoms with van der Waals surface area (Å²) >= 11 is 0. The van der Waals surface area contributed by atoms with Gasteiger partial charge in [0.25, 0.3) is 0 Å². The van der Waals surface area contributed by atoms with Crippen molar-refractivity contribution in [2.45, 2.75) is 31.1 Å². The van der Waals surface area contributed by atoms with Crippen LogP contribution < -0.4 is 4.90 Å². The van der Waals surface area contributed by atoms with E-state index in [1.165, 1.54) is 0 Å². The molecule has 5 nitrogen and oxygen atoms in total. The molecule has 24 heavy (non-hydrogen) atoms. The molecule has 3 aliphatic heterocycles. The van der Waals surface area contributed by atoms with Crippen LogP contribution >= 0.6 is 0 Å². The van der Waals surface area contributed by atoms with Crippen molar-refractivity contribution in [3.63, 3.8) is 0 Å². The fourth-order valence-corrected chi connectivity index (χ4v) is 4.46. The van der Waals surface area contributed by atoms with Crippen LogP contribution in [0.4, 0.5) is 5.69 Å². The van der Waals surface area contributed by atoms with E-state index in [4.69, 9.17) is 4.74 Å². The van der Waals surface area contributed by atoms with Crippen molar-refractivity contribution in [1.29, 1.82) is 0 Å². The van der Waals surface area contributed by atoms with Gasteiger partial charge in [-0.15, -0.1) is 6.58 Å². The van der Waals surface area contributed by atoms with Crippen molar-refractivity contribution in [2.75, 3.05) is 4.90 Å². The normalized spacial score (nSPS) is 36.2. The van der Waals surface area contributed by atoms with Gasteiger partial charge in [0.05, 0.1) is 18.1 Å². The molecule has 2 bridgehead atoms. The van der Waals surface area contributed by atoms with Gasteiger partial charge in [-0.25, -0.2) is 0 Å². The molecule has 1 unspecified atom stereocenters. The minimum absolute atomic E-state index is 0.174. The summed E-state index contributed by atoms with van der Waals surface area (Å²) in [6, 6.07) is 7.41. The Labute approximate surface area is 140 Å². The second kappa shape index (κ2) is 5.05. The van der Waals surface area contributed by atoms with E-state index >= 15 is 0 Å². The maximum atomic E-state index is 13.2. The van der Waals surface area contributed by atoms with Crippen LogP contribution in [0.1, 0.15) is 12.0 Å². The van der Waals surface area contributed by atoms with E-state index in [0.29, 0.717) is 6.42 Å². The number of benzene rings is 1. The van der Waals surface area contributed by atoms with Gasteiger partial charge in [0, 0.05) is 5.69 Å². The Morgan fingerprint density at radius 1 is 1.50 bits per heavy atom. The molecule has 5 heteroatoms. The summed E-state index contributed by atoms with van der Waals surface area (Å²) in [6.07, 6.45) is 5.46. The van der Waals surface area contributed by atoms with Crippen molar-refractivity contribution in [3.05, 3.63) is 54.6 Å². The SMILES string of the molecule is C=CCC1N(c2cccc(C)c2)C(=O)[C@@H]2[C@H](C(=O)O)[C@H]3C=C[C@@]12O3. The molecule has 3 heterocycles. The molecule has 2 saturated heterocycles. The zero-order valence-corrected chi connectivity index (χ0v) is 13.4. The molecule has 3 aliphatic rings. The first-order chi connectivity index (χ1) is 11.5. The van der Waals surface area contributed by atoms with E-state index in [0.717, 1.165) is 11.3 Å². The summed E-state index contributed by atoms with van der Waals surface area (Å²) in [5, 5.41) is 9.61. The summed E-state index contributed by atoms with van der Waals surface area (Å²) in [5.74, 6) is -2.67. The third-order valence-corrected chi connectivity index (χ3v) is 5.38. The molecule has 2 fully saturated rings. The van der Waals surface area contributed by atoms with Crippen LogP contribution in [-0.4, -0.2) is 34.7 Å². The van der Waals surface area contributed by atoms with Crippen molar-refractivity contribution in [1.82, 2.24) is 0 Å². The second-order valence-electron chi connectivity index (χ2n) is 6.72. The highest BCUT2D eigenvalue weighted by Gasteiger charge is 2.71. The van der Waals surface area contributed by atoms with E-state index in [2.05, 4.69) is 6.58 Å². The maximum absolute atomic E-state index is 13.2. The molecule has 124 valence electrons. The monoisotopic (exact) mass is 325 g/mol. The summed E-state index contributed by atoms with van der Waals surface area (Å²) < 4.78 is 6.07. The number of fused-ring (bicyclic) bond motifs is 1. The van der Waals surface area contributed by atoms with E-state index in [9.17, 15) is 14.7 Å². The number of hydrogen-bond acceptors (Lipinski definition) is 3. The second-order valence-corrected chi connectivity index (χ2v) is 6.72. The fraction of sp³-hybridized carbons (Fsp3) is 0.368. The van der Waals surface area contributed by atoms with Crippen LogP contribution in [0.25, 0.3) is 0 Å². The number of nitrogens with zero attached hydrogens (tertiary/aromatic N) is 1. The van der Waals surface area contributed by atoms with Crippen LogP contribution in [0.3, 0.4) is 0 Å². The molecule has 1 aromatic rings. The van der Waals surface area contributed by atoms with Gasteiger partial charge < -0.3 is 14.7 Å². The lowest BCUT2D eigenvalue weighted by atomic mass is 9.74. The fourth-order valence-electron chi connectivity index (χ4n) is 4.46. The number of anilines is 1. The molecule has 4 rings (SSSR count). The van der Waals surface area contributed by atoms with Crippen LogP contribution in [0.2, 0.25) is 0 Å². The van der Waals surface area contributed by atoms with Crippen molar-refractivity contribution < 1.29 is 19.4 Å². The van der Waals surface area contributed by atoms with Crippen LogP contribution in [-0.2, 0) is 14.3 Å². The number of carbonyl (C=O) groups is 2. The smallest absolute Gasteiger partial charge is 0.310 e. The third kappa shape index (κ3) is 1.79. The van der Waals surface area contributed by atoms with Crippen LogP contribution in [0.15, 0.2) is 49.1 Å². The molecule has 0 aliphatic carbocycles. The first-order valence-corrected chi connectivity index (χ1v) is 8.10. The Morgan fingerprint density at radius 2 is 2.29 bits per heavy atom. The van der Waals surface area contributed by atoms with E-state index in [1.807, 2.05) is 37.3 Å². The number of carboxylic acids is 1. The lowest BCUT2D eigenvalue weighted by molar-refractivity contribution is -0.146. The number of hydrogen-bond donors (Lipinski definition) is 1. The minimum atomic E-state index is -0.979. The quantitative estimate of drug-likeness (QED) is 0.863. The van der Waals surface area contributed by atoms with E-state index < -0.39 is 29.5 Å². The average Bonchev–Trinajstić information content (AvgIpc) is 3.17. The van der Waals surface area contributed by atoms with Gasteiger partial charge in [0.15, 0.2) is 0 Å². The van der Waals surface area contributed by atoms with Gasteiger partial charge in [-0.1, -0.05) is 30.4 Å². The maximum Gasteiger partial charge on any atom is 0.310 e. The largest absolute Gasteiger partial charge is 0.481 e. The standard InChI is InChI=1S/C19H19NO4/c1-3-5-14-19-9-8-13(24-19)15(18(22)23)16(19)17(21)20(14)12-7-4-6-11(2)10-12/h3-4,6-10,13-16H,1,5H2,2H3,(H,22,23)/t13-,14?,15-,16+,19-/m1/s1. The highest BCUT2D eigenvalue weighted by molar-refractivity contribution is 6.03. The third-order valence-electron chi connectivity index (χ3n) is 5.38. The van der Waals surface area contributed by atoms with Crippen molar-refractivity contribution in [3.8, 4) is 0 Å². The highest BCUT2D eigenvalue weighted by Crippen LogP contribution is 2.56. The number of carboxylic acid groups (broad SMARTS) is 1. The Kier molecular flexibility index (Phi) is 3.18. The highest BCUT2D eigenvalue weighted by atomic mass is 16.5. The molecule has 0 saturated carbocycles. The number of rotatable bonds is 4. The molecular weight excluding hydrogens is 306 g/mol. The number of aryl methyl sites for hydroxylation is 1. The predicted molar refractivity (Wildman–Crippen MR) is 88.6 cm³/mol. The molecule has 0 radical (unpaired) electrons. The van der Waals surface area contributed by atoms with Gasteiger partial charge in [-0.2, -0.15) is 0 Å². The van der Waals surface area contributed by atoms with Gasteiger partial charge in [-0.05, 0) is 31.0 Å². The number of aliphatic carboxylic acids is 1. The zero-order chi connectivity index (χ0) is 17.1. The van der Waals surface area contributed by atoms with Gasteiger partial charge in [0.2, 0.25) is 5.91 Å². The summed E-state index contributed by atoms with van der Waals surface area (Å²) in [7, 11) is 0. The summed E-state index contributed by atoms with van der Waals surface area (Å²) in [5.41, 5.74) is 0.950. The van der Waals surface area contributed by atoms with E-state index in [-0.39, 0.29) is 11.9 Å². The number of carbonyl (C=O) groups excluding carboxylic acids is 1. The number of amides is 1. The Bertz CT molecular complexity index is 770. The topological polar surface area (TPSA) is 66.8 Å². The molecule has 0 aromatic heterocycles. The predicted octanol–water partition coefficient (Wildman–Crippen LogP) is 2.31. The Hall–Kier alpha value is -2.40. The Balaban J connectivity index is 1.85. The zero-order valence-electron chi connectivity index (χ0n) is 13.4. The molecule has 1 N–H and O–H groups in total. The molecule has 1 amide bonds. The van der Waals surface area contributed by atoms with Gasteiger partial charge in [-0.3, -0.25) is 9.59 Å². The van der Waals surface area contributed by atoms with Gasteiger partial charge in [0.1, 0.15) is 11.5 Å².